The first-order chi connectivity index (χ1) is 15.3. The smallest absolute Gasteiger partial charge is 0.195 e. The van der Waals surface area contributed by atoms with Gasteiger partial charge in [-0.05, 0) is 65.3 Å². The standard InChI is InChI=1S/C26H16F6/c1-2-3-4-14-9-21(28)24(22(29)10-14)16-6-7-18(20(27)12-16)15-5-8-19-17(11-15)13-23(30)26(32)25(19)31/h2,5-13H,1,3-4H2. The van der Waals surface area contributed by atoms with Gasteiger partial charge in [0.1, 0.15) is 17.5 Å². The molecule has 4 rings (SSSR count). The molecular weight excluding hydrogens is 426 g/mol. The number of allylic oxidation sites excluding steroid dienone is 1. The molecule has 0 aliphatic carbocycles. The van der Waals surface area contributed by atoms with Gasteiger partial charge in [0.25, 0.3) is 0 Å². The van der Waals surface area contributed by atoms with Crippen LogP contribution in [0.3, 0.4) is 0 Å². The van der Waals surface area contributed by atoms with Crippen LogP contribution in [0.25, 0.3) is 33.0 Å². The van der Waals surface area contributed by atoms with Gasteiger partial charge in [0.05, 0.1) is 5.56 Å². The van der Waals surface area contributed by atoms with E-state index < -0.39 is 34.9 Å². The summed E-state index contributed by atoms with van der Waals surface area (Å²) in [6, 6.07) is 10.8. The number of fused-ring (bicyclic) bond motifs is 1. The highest BCUT2D eigenvalue weighted by molar-refractivity contribution is 5.88. The van der Waals surface area contributed by atoms with Gasteiger partial charge >= 0.3 is 0 Å². The summed E-state index contributed by atoms with van der Waals surface area (Å²) in [5.41, 5.74) is 0.456. The maximum absolute atomic E-state index is 14.9. The van der Waals surface area contributed by atoms with E-state index in [1.807, 2.05) is 0 Å². The van der Waals surface area contributed by atoms with E-state index in [1.165, 1.54) is 42.5 Å². The highest BCUT2D eigenvalue weighted by Crippen LogP contribution is 2.34. The summed E-state index contributed by atoms with van der Waals surface area (Å²) in [6.07, 6.45) is 2.63. The van der Waals surface area contributed by atoms with Crippen LogP contribution in [0, 0.1) is 34.9 Å². The molecule has 6 heteroatoms. The van der Waals surface area contributed by atoms with Gasteiger partial charge in [0.15, 0.2) is 17.5 Å². The molecule has 0 saturated heterocycles. The van der Waals surface area contributed by atoms with Crippen molar-refractivity contribution in [3.05, 3.63) is 108 Å². The predicted molar refractivity (Wildman–Crippen MR) is 113 cm³/mol. The Hall–Kier alpha value is -3.54. The van der Waals surface area contributed by atoms with Crippen molar-refractivity contribution < 1.29 is 26.3 Å². The monoisotopic (exact) mass is 442 g/mol. The van der Waals surface area contributed by atoms with Crippen LogP contribution in [0.5, 0.6) is 0 Å². The lowest BCUT2D eigenvalue weighted by molar-refractivity contribution is 0.453. The van der Waals surface area contributed by atoms with Gasteiger partial charge in [-0.3, -0.25) is 0 Å². The maximum Gasteiger partial charge on any atom is 0.195 e. The van der Waals surface area contributed by atoms with E-state index in [2.05, 4.69) is 6.58 Å². The molecule has 0 amide bonds. The van der Waals surface area contributed by atoms with E-state index in [0.717, 1.165) is 12.1 Å². The lowest BCUT2D eigenvalue weighted by Gasteiger charge is -2.11. The third-order valence-corrected chi connectivity index (χ3v) is 5.28. The van der Waals surface area contributed by atoms with Crippen molar-refractivity contribution >= 4 is 10.8 Å². The van der Waals surface area contributed by atoms with E-state index in [1.54, 1.807) is 6.08 Å². The van der Waals surface area contributed by atoms with Gasteiger partial charge in [0, 0.05) is 10.9 Å². The molecule has 0 aliphatic heterocycles. The van der Waals surface area contributed by atoms with E-state index in [4.69, 9.17) is 0 Å². The van der Waals surface area contributed by atoms with Crippen LogP contribution in [0.1, 0.15) is 12.0 Å². The molecule has 0 fully saturated rings. The lowest BCUT2D eigenvalue weighted by Crippen LogP contribution is -1.96. The fourth-order valence-electron chi connectivity index (χ4n) is 3.69. The van der Waals surface area contributed by atoms with Crippen LogP contribution >= 0.6 is 0 Å². The summed E-state index contributed by atoms with van der Waals surface area (Å²) in [4.78, 5) is 0. The Morgan fingerprint density at radius 2 is 1.34 bits per heavy atom. The molecule has 32 heavy (non-hydrogen) atoms. The van der Waals surface area contributed by atoms with Crippen molar-refractivity contribution in [2.45, 2.75) is 12.8 Å². The molecule has 0 atom stereocenters. The summed E-state index contributed by atoms with van der Waals surface area (Å²) < 4.78 is 85.0. The summed E-state index contributed by atoms with van der Waals surface area (Å²) in [5, 5.41) is -0.0973. The minimum atomic E-state index is -1.58. The van der Waals surface area contributed by atoms with Crippen LogP contribution in [-0.4, -0.2) is 0 Å². The van der Waals surface area contributed by atoms with Crippen LogP contribution in [-0.2, 0) is 6.42 Å². The number of hydrogen-bond acceptors (Lipinski definition) is 0. The number of halogens is 6. The molecule has 0 spiro atoms. The quantitative estimate of drug-likeness (QED) is 0.166. The molecule has 0 aromatic heterocycles. The summed E-state index contributed by atoms with van der Waals surface area (Å²) in [7, 11) is 0. The van der Waals surface area contributed by atoms with E-state index in [0.29, 0.717) is 18.4 Å². The highest BCUT2D eigenvalue weighted by Gasteiger charge is 2.17. The zero-order chi connectivity index (χ0) is 23.0. The molecule has 0 bridgehead atoms. The van der Waals surface area contributed by atoms with Crippen molar-refractivity contribution in [2.75, 3.05) is 0 Å². The number of rotatable bonds is 5. The second-order valence-corrected chi connectivity index (χ2v) is 7.38. The molecule has 0 nitrogen and oxygen atoms in total. The highest BCUT2D eigenvalue weighted by atomic mass is 19.2. The van der Waals surface area contributed by atoms with E-state index in [9.17, 15) is 26.3 Å². The molecule has 0 radical (unpaired) electrons. The summed E-state index contributed by atoms with van der Waals surface area (Å²) in [5.74, 6) is -6.67. The van der Waals surface area contributed by atoms with Crippen LogP contribution < -0.4 is 0 Å². The zero-order valence-corrected chi connectivity index (χ0v) is 16.7. The molecule has 0 heterocycles. The fourth-order valence-corrected chi connectivity index (χ4v) is 3.69. The molecule has 162 valence electrons. The van der Waals surface area contributed by atoms with Crippen molar-refractivity contribution in [1.82, 2.24) is 0 Å². The first-order valence-corrected chi connectivity index (χ1v) is 9.76. The first kappa shape index (κ1) is 21.7. The van der Waals surface area contributed by atoms with Crippen LogP contribution in [0.4, 0.5) is 26.3 Å². The molecule has 0 N–H and O–H groups in total. The third kappa shape index (κ3) is 3.88. The Kier molecular flexibility index (Phi) is 5.78. The molecule has 0 aliphatic rings. The maximum atomic E-state index is 14.9. The number of hydrogen-bond donors (Lipinski definition) is 0. The Labute approximate surface area is 180 Å². The van der Waals surface area contributed by atoms with Crippen LogP contribution in [0.2, 0.25) is 0 Å². The fraction of sp³-hybridized carbons (Fsp3) is 0.0769. The van der Waals surface area contributed by atoms with E-state index >= 15 is 0 Å². The van der Waals surface area contributed by atoms with E-state index in [-0.39, 0.29) is 33.0 Å². The third-order valence-electron chi connectivity index (χ3n) is 5.28. The predicted octanol–water partition coefficient (Wildman–Crippen LogP) is 8.13. The van der Waals surface area contributed by atoms with Gasteiger partial charge in [-0.25, -0.2) is 26.3 Å². The molecule has 4 aromatic carbocycles. The molecule has 4 aromatic rings. The molecular formula is C26H16F6. The Balaban J connectivity index is 1.75. The topological polar surface area (TPSA) is 0 Å². The largest absolute Gasteiger partial charge is 0.206 e. The van der Waals surface area contributed by atoms with Gasteiger partial charge < -0.3 is 0 Å². The Morgan fingerprint density at radius 1 is 0.656 bits per heavy atom. The SMILES string of the molecule is C=CCCc1cc(F)c(-c2ccc(-c3ccc4c(F)c(F)c(F)cc4c3)c(F)c2)c(F)c1. The molecule has 0 unspecified atom stereocenters. The minimum absolute atomic E-state index is 0.0106. The van der Waals surface area contributed by atoms with Gasteiger partial charge in [0.2, 0.25) is 0 Å². The first-order valence-electron chi connectivity index (χ1n) is 9.76. The minimum Gasteiger partial charge on any atom is -0.206 e. The van der Waals surface area contributed by atoms with Crippen molar-refractivity contribution in [3.8, 4) is 22.3 Å². The van der Waals surface area contributed by atoms with Gasteiger partial charge in [-0.15, -0.1) is 6.58 Å². The second-order valence-electron chi connectivity index (χ2n) is 7.38. The normalized spacial score (nSPS) is 11.2. The van der Waals surface area contributed by atoms with Gasteiger partial charge in [-0.1, -0.05) is 30.3 Å². The number of benzene rings is 4. The number of aryl methyl sites for hydroxylation is 1. The van der Waals surface area contributed by atoms with Crippen molar-refractivity contribution in [1.29, 1.82) is 0 Å². The average molecular weight is 442 g/mol. The Bertz CT molecular complexity index is 1330. The molecule has 0 saturated carbocycles. The van der Waals surface area contributed by atoms with Crippen LogP contribution in [0.15, 0.2) is 67.3 Å². The van der Waals surface area contributed by atoms with Crippen molar-refractivity contribution in [3.63, 3.8) is 0 Å². The average Bonchev–Trinajstić information content (AvgIpc) is 2.75. The lowest BCUT2D eigenvalue weighted by atomic mass is 9.96. The Morgan fingerprint density at radius 3 is 2.00 bits per heavy atom. The second kappa shape index (κ2) is 8.54. The van der Waals surface area contributed by atoms with Crippen molar-refractivity contribution in [2.24, 2.45) is 0 Å². The summed E-state index contributed by atoms with van der Waals surface area (Å²) >= 11 is 0. The van der Waals surface area contributed by atoms with Gasteiger partial charge in [-0.2, -0.15) is 0 Å². The summed E-state index contributed by atoms with van der Waals surface area (Å²) in [6.45, 7) is 3.57. The zero-order valence-electron chi connectivity index (χ0n) is 16.7.